The lowest BCUT2D eigenvalue weighted by atomic mass is 10.0. The fraction of sp³-hybridized carbons (Fsp3) is 0.243. The molecule has 4 aromatic rings. The Morgan fingerprint density at radius 3 is 1.38 bits per heavy atom. The molecule has 0 aromatic heterocycles. The molecule has 4 rings (SSSR count). The van der Waals surface area contributed by atoms with Crippen LogP contribution in [0.1, 0.15) is 38.9 Å². The Bertz CT molecular complexity index is 1570. The summed E-state index contributed by atoms with van der Waals surface area (Å²) in [7, 11) is 6.80. The zero-order chi connectivity index (χ0) is 32.4. The van der Waals surface area contributed by atoms with Crippen molar-refractivity contribution in [1.29, 1.82) is 0 Å². The van der Waals surface area contributed by atoms with Crippen molar-refractivity contribution < 1.29 is 32.2 Å². The maximum Gasteiger partial charge on any atom is 0.536 e. The number of methoxy groups -OCH3 is 3. The van der Waals surface area contributed by atoms with Gasteiger partial charge in [0.1, 0.15) is 12.4 Å². The first kappa shape index (κ1) is 33.5. The SMILES string of the molecule is COc1cc(/C=C/c2ccc(/C=C/c3cc(C)c(OCc4ccc([Si](OC)(OC)OC)cc4)c(C)c3)cc2)cc(OC)c1OC. The highest BCUT2D eigenvalue weighted by Crippen LogP contribution is 2.38. The Morgan fingerprint density at radius 1 is 0.511 bits per heavy atom. The van der Waals surface area contributed by atoms with Crippen molar-refractivity contribution in [3.05, 3.63) is 112 Å². The predicted molar refractivity (Wildman–Crippen MR) is 184 cm³/mol. The summed E-state index contributed by atoms with van der Waals surface area (Å²) in [6.07, 6.45) is 8.32. The summed E-state index contributed by atoms with van der Waals surface area (Å²) < 4.78 is 39.3. The van der Waals surface area contributed by atoms with Crippen molar-refractivity contribution in [2.24, 2.45) is 0 Å². The Morgan fingerprint density at radius 2 is 0.956 bits per heavy atom. The second-order valence-electron chi connectivity index (χ2n) is 10.4. The molecular formula is C37H42O7Si. The molecule has 4 aromatic carbocycles. The minimum atomic E-state index is -2.85. The zero-order valence-electron chi connectivity index (χ0n) is 27.3. The van der Waals surface area contributed by atoms with E-state index in [0.29, 0.717) is 23.9 Å². The van der Waals surface area contributed by atoms with E-state index in [4.69, 9.17) is 32.2 Å². The molecule has 0 bridgehead atoms. The Balaban J connectivity index is 1.39. The van der Waals surface area contributed by atoms with Crippen LogP contribution in [0.15, 0.2) is 72.8 Å². The van der Waals surface area contributed by atoms with Gasteiger partial charge in [0.15, 0.2) is 11.5 Å². The summed E-state index contributed by atoms with van der Waals surface area (Å²) in [5.74, 6) is 2.72. The molecule has 7 nitrogen and oxygen atoms in total. The summed E-state index contributed by atoms with van der Waals surface area (Å²) in [5.41, 5.74) is 7.49. The maximum atomic E-state index is 6.25. The number of ether oxygens (including phenoxy) is 4. The minimum Gasteiger partial charge on any atom is -0.493 e. The third-order valence-electron chi connectivity index (χ3n) is 7.54. The van der Waals surface area contributed by atoms with Crippen molar-refractivity contribution >= 4 is 38.3 Å². The fourth-order valence-electron chi connectivity index (χ4n) is 5.17. The third kappa shape index (κ3) is 8.04. The topological polar surface area (TPSA) is 64.6 Å². The van der Waals surface area contributed by atoms with Gasteiger partial charge in [0.25, 0.3) is 0 Å². The highest BCUT2D eigenvalue weighted by molar-refractivity contribution is 6.75. The first-order valence-electron chi connectivity index (χ1n) is 14.5. The molecule has 0 heterocycles. The van der Waals surface area contributed by atoms with E-state index >= 15 is 0 Å². The maximum absolute atomic E-state index is 6.25. The molecule has 236 valence electrons. The molecule has 0 aliphatic carbocycles. The van der Waals surface area contributed by atoms with Crippen molar-refractivity contribution in [1.82, 2.24) is 0 Å². The van der Waals surface area contributed by atoms with Gasteiger partial charge in [0.05, 0.1) is 21.3 Å². The summed E-state index contributed by atoms with van der Waals surface area (Å²) in [6, 6.07) is 24.5. The van der Waals surface area contributed by atoms with Crippen LogP contribution in [-0.2, 0) is 19.9 Å². The Kier molecular flexibility index (Phi) is 11.6. The highest BCUT2D eigenvalue weighted by Gasteiger charge is 2.40. The molecule has 0 atom stereocenters. The highest BCUT2D eigenvalue weighted by atomic mass is 28.4. The van der Waals surface area contributed by atoms with E-state index < -0.39 is 8.80 Å². The van der Waals surface area contributed by atoms with E-state index in [1.54, 1.807) is 42.7 Å². The summed E-state index contributed by atoms with van der Waals surface area (Å²) in [4.78, 5) is 0. The molecule has 0 N–H and O–H groups in total. The van der Waals surface area contributed by atoms with Gasteiger partial charge in [-0.3, -0.25) is 0 Å². The zero-order valence-corrected chi connectivity index (χ0v) is 28.3. The minimum absolute atomic E-state index is 0.457. The van der Waals surface area contributed by atoms with E-state index in [-0.39, 0.29) is 0 Å². The van der Waals surface area contributed by atoms with Crippen molar-refractivity contribution in [3.8, 4) is 23.0 Å². The van der Waals surface area contributed by atoms with Crippen LogP contribution in [0, 0.1) is 13.8 Å². The summed E-state index contributed by atoms with van der Waals surface area (Å²) in [5, 5.41) is 0.906. The summed E-state index contributed by atoms with van der Waals surface area (Å²) in [6.45, 7) is 4.61. The molecule has 8 heteroatoms. The molecule has 0 aliphatic heterocycles. The molecular weight excluding hydrogens is 584 g/mol. The van der Waals surface area contributed by atoms with Gasteiger partial charge in [-0.25, -0.2) is 0 Å². The molecule has 0 saturated carbocycles. The van der Waals surface area contributed by atoms with Crippen molar-refractivity contribution in [2.75, 3.05) is 42.7 Å². The van der Waals surface area contributed by atoms with Gasteiger partial charge >= 0.3 is 8.80 Å². The van der Waals surface area contributed by atoms with Crippen LogP contribution in [0.3, 0.4) is 0 Å². The van der Waals surface area contributed by atoms with Gasteiger partial charge in [-0.1, -0.05) is 72.8 Å². The molecule has 0 unspecified atom stereocenters. The number of hydrogen-bond donors (Lipinski definition) is 0. The molecule has 0 aliphatic rings. The molecule has 0 spiro atoms. The quantitative estimate of drug-likeness (QED) is 0.107. The smallest absolute Gasteiger partial charge is 0.493 e. The van der Waals surface area contributed by atoms with Gasteiger partial charge in [-0.05, 0) is 77.1 Å². The van der Waals surface area contributed by atoms with Crippen LogP contribution in [0.5, 0.6) is 23.0 Å². The standard InChI is InChI=1S/C37H42O7Si/c1-26-21-31(22-27(2)36(26)44-25-30-17-19-33(20-18-30)45(41-6,42-7)43-8)15-13-28-9-11-29(12-10-28)14-16-32-23-34(38-3)37(40-5)35(24-32)39-4/h9-24H,25H2,1-8H3/b15-13+,16-14+. The average molecular weight is 627 g/mol. The van der Waals surface area contributed by atoms with E-state index in [9.17, 15) is 0 Å². The predicted octanol–water partition coefficient (Wildman–Crippen LogP) is 7.33. The van der Waals surface area contributed by atoms with Gasteiger partial charge in [-0.2, -0.15) is 0 Å². The van der Waals surface area contributed by atoms with Crippen LogP contribution >= 0.6 is 0 Å². The van der Waals surface area contributed by atoms with Crippen molar-refractivity contribution in [3.63, 3.8) is 0 Å². The monoisotopic (exact) mass is 626 g/mol. The van der Waals surface area contributed by atoms with E-state index in [0.717, 1.165) is 49.9 Å². The van der Waals surface area contributed by atoms with E-state index in [2.05, 4.69) is 68.5 Å². The van der Waals surface area contributed by atoms with E-state index in [1.807, 2.05) is 42.5 Å². The molecule has 0 fully saturated rings. The molecule has 45 heavy (non-hydrogen) atoms. The van der Waals surface area contributed by atoms with Gasteiger partial charge in [-0.15, -0.1) is 0 Å². The Labute approximate surface area is 268 Å². The van der Waals surface area contributed by atoms with Crippen LogP contribution in [-0.4, -0.2) is 51.5 Å². The summed E-state index contributed by atoms with van der Waals surface area (Å²) >= 11 is 0. The van der Waals surface area contributed by atoms with Crippen LogP contribution < -0.4 is 24.1 Å². The third-order valence-corrected chi connectivity index (χ3v) is 10.2. The first-order valence-corrected chi connectivity index (χ1v) is 16.3. The lowest BCUT2D eigenvalue weighted by Crippen LogP contribution is -2.54. The van der Waals surface area contributed by atoms with Gasteiger partial charge in [0.2, 0.25) is 5.75 Å². The molecule has 0 saturated heterocycles. The largest absolute Gasteiger partial charge is 0.536 e. The second-order valence-corrected chi connectivity index (χ2v) is 13.3. The second kappa shape index (κ2) is 15.6. The van der Waals surface area contributed by atoms with Crippen LogP contribution in [0.25, 0.3) is 24.3 Å². The number of benzene rings is 4. The van der Waals surface area contributed by atoms with Crippen molar-refractivity contribution in [2.45, 2.75) is 20.5 Å². The number of rotatable bonds is 14. The molecule has 0 radical (unpaired) electrons. The molecule has 0 amide bonds. The Hall–Kier alpha value is -4.34. The lowest BCUT2D eigenvalue weighted by Gasteiger charge is -2.24. The van der Waals surface area contributed by atoms with Gasteiger partial charge in [0, 0.05) is 26.5 Å². The van der Waals surface area contributed by atoms with Crippen LogP contribution in [0.4, 0.5) is 0 Å². The number of hydrogen-bond acceptors (Lipinski definition) is 7. The van der Waals surface area contributed by atoms with Crippen LogP contribution in [0.2, 0.25) is 0 Å². The van der Waals surface area contributed by atoms with Gasteiger partial charge < -0.3 is 32.2 Å². The van der Waals surface area contributed by atoms with E-state index in [1.165, 1.54) is 0 Å². The fourth-order valence-corrected chi connectivity index (χ4v) is 6.95. The normalized spacial score (nSPS) is 11.7. The lowest BCUT2D eigenvalue weighted by molar-refractivity contribution is 0.140. The average Bonchev–Trinajstić information content (AvgIpc) is 3.07. The first-order chi connectivity index (χ1) is 21.8. The number of aryl methyl sites for hydroxylation is 2.